The van der Waals surface area contributed by atoms with E-state index in [1.165, 1.54) is 6.33 Å². The molecule has 0 radical (unpaired) electrons. The van der Waals surface area contributed by atoms with Crippen molar-refractivity contribution < 1.29 is 0 Å². The normalized spacial score (nSPS) is 9.93. The second-order valence-corrected chi connectivity index (χ2v) is 3.08. The fraction of sp³-hybridized carbons (Fsp3) is 0.0909. The minimum absolute atomic E-state index is 0.508. The summed E-state index contributed by atoms with van der Waals surface area (Å²) < 4.78 is 0. The molecule has 0 amide bonds. The molecule has 0 aliphatic rings. The van der Waals surface area contributed by atoms with Crippen LogP contribution in [-0.4, -0.2) is 9.97 Å². The van der Waals surface area contributed by atoms with Gasteiger partial charge in [-0.25, -0.2) is 9.97 Å². The maximum absolute atomic E-state index is 5.63. The van der Waals surface area contributed by atoms with Gasteiger partial charge in [0, 0.05) is 18.4 Å². The van der Waals surface area contributed by atoms with Gasteiger partial charge in [0.15, 0.2) is 0 Å². The number of nitrogens with zero attached hydrogens (tertiary/aromatic N) is 2. The first-order chi connectivity index (χ1) is 7.40. The molecule has 3 N–H and O–H groups in total. The third-order valence-corrected chi connectivity index (χ3v) is 2.08. The quantitative estimate of drug-likeness (QED) is 0.791. The van der Waals surface area contributed by atoms with Gasteiger partial charge in [0.1, 0.15) is 12.1 Å². The van der Waals surface area contributed by atoms with Crippen LogP contribution in [0.2, 0.25) is 0 Å². The van der Waals surface area contributed by atoms with Gasteiger partial charge in [-0.2, -0.15) is 0 Å². The second kappa shape index (κ2) is 4.52. The van der Waals surface area contributed by atoms with Crippen molar-refractivity contribution >= 4 is 11.5 Å². The molecule has 1 aromatic heterocycles. The first-order valence-corrected chi connectivity index (χ1v) is 4.71. The molecule has 0 fully saturated rings. The second-order valence-electron chi connectivity index (χ2n) is 3.08. The zero-order valence-corrected chi connectivity index (χ0v) is 8.22. The van der Waals surface area contributed by atoms with Crippen LogP contribution in [0.5, 0.6) is 0 Å². The van der Waals surface area contributed by atoms with Gasteiger partial charge in [-0.05, 0) is 17.7 Å². The topological polar surface area (TPSA) is 63.8 Å². The fourth-order valence-corrected chi connectivity index (χ4v) is 1.32. The molecule has 0 atom stereocenters. The van der Waals surface area contributed by atoms with Gasteiger partial charge in [0.05, 0.1) is 0 Å². The van der Waals surface area contributed by atoms with E-state index in [2.05, 4.69) is 15.3 Å². The molecule has 2 aromatic rings. The smallest absolute Gasteiger partial charge is 0.133 e. The van der Waals surface area contributed by atoms with E-state index in [0.29, 0.717) is 6.54 Å². The van der Waals surface area contributed by atoms with Crippen LogP contribution in [0.25, 0.3) is 0 Å². The lowest BCUT2D eigenvalue weighted by molar-refractivity contribution is 1.07. The van der Waals surface area contributed by atoms with Crippen molar-refractivity contribution in [3.05, 3.63) is 48.4 Å². The first kappa shape index (κ1) is 9.61. The van der Waals surface area contributed by atoms with Crippen LogP contribution >= 0.6 is 0 Å². The lowest BCUT2D eigenvalue weighted by Crippen LogP contribution is -2.02. The molecule has 2 rings (SSSR count). The number of nitrogens with one attached hydrogen (secondary N) is 1. The van der Waals surface area contributed by atoms with Crippen LogP contribution in [0.1, 0.15) is 5.56 Å². The van der Waals surface area contributed by atoms with Crippen LogP contribution in [-0.2, 0) is 6.54 Å². The molecule has 4 nitrogen and oxygen atoms in total. The highest BCUT2D eigenvalue weighted by Crippen LogP contribution is 2.18. The standard InChI is InChI=1S/C11H12N4/c12-7-9-3-1-2-4-10(9)15-11-5-6-13-8-14-11/h1-6,8H,7,12H2,(H,13,14,15). The van der Waals surface area contributed by atoms with Gasteiger partial charge in [-0.15, -0.1) is 0 Å². The average molecular weight is 200 g/mol. The molecule has 76 valence electrons. The molecular formula is C11H12N4. The number of hydrogen-bond donors (Lipinski definition) is 2. The molecule has 0 aliphatic heterocycles. The highest BCUT2D eigenvalue weighted by atomic mass is 15.0. The van der Waals surface area contributed by atoms with Crippen LogP contribution in [0.15, 0.2) is 42.9 Å². The third kappa shape index (κ3) is 2.30. The number of aromatic nitrogens is 2. The zero-order valence-electron chi connectivity index (χ0n) is 8.22. The van der Waals surface area contributed by atoms with Crippen molar-refractivity contribution in [2.24, 2.45) is 5.73 Å². The Morgan fingerprint density at radius 1 is 1.20 bits per heavy atom. The summed E-state index contributed by atoms with van der Waals surface area (Å²) in [5, 5.41) is 3.19. The Balaban J connectivity index is 2.24. The van der Waals surface area contributed by atoms with Crippen LogP contribution in [0, 0.1) is 0 Å². The number of nitrogens with two attached hydrogens (primary N) is 1. The van der Waals surface area contributed by atoms with Gasteiger partial charge in [-0.3, -0.25) is 0 Å². The molecule has 4 heteroatoms. The summed E-state index contributed by atoms with van der Waals surface area (Å²) in [5.74, 6) is 0.769. The summed E-state index contributed by atoms with van der Waals surface area (Å²) >= 11 is 0. The van der Waals surface area contributed by atoms with Crippen LogP contribution in [0.4, 0.5) is 11.5 Å². The summed E-state index contributed by atoms with van der Waals surface area (Å²) in [5.41, 5.74) is 7.68. The lowest BCUT2D eigenvalue weighted by atomic mass is 10.2. The monoisotopic (exact) mass is 200 g/mol. The molecule has 1 heterocycles. The van der Waals surface area contributed by atoms with Crippen LogP contribution in [0.3, 0.4) is 0 Å². The van der Waals surface area contributed by atoms with E-state index in [0.717, 1.165) is 17.1 Å². The number of anilines is 2. The summed E-state index contributed by atoms with van der Waals surface area (Å²) in [6.45, 7) is 0.508. The lowest BCUT2D eigenvalue weighted by Gasteiger charge is -2.09. The van der Waals surface area contributed by atoms with E-state index in [4.69, 9.17) is 5.73 Å². The van der Waals surface area contributed by atoms with E-state index < -0.39 is 0 Å². The summed E-state index contributed by atoms with van der Waals surface area (Å²) in [6, 6.07) is 9.71. The molecule has 1 aromatic carbocycles. The van der Waals surface area contributed by atoms with E-state index in [1.807, 2.05) is 30.3 Å². The SMILES string of the molecule is NCc1ccccc1Nc1ccncn1. The van der Waals surface area contributed by atoms with Crippen molar-refractivity contribution in [1.82, 2.24) is 9.97 Å². The highest BCUT2D eigenvalue weighted by molar-refractivity contribution is 5.59. The summed E-state index contributed by atoms with van der Waals surface area (Å²) in [7, 11) is 0. The Bertz CT molecular complexity index is 428. The van der Waals surface area contributed by atoms with Gasteiger partial charge in [0.2, 0.25) is 0 Å². The number of benzene rings is 1. The van der Waals surface area contributed by atoms with Crippen molar-refractivity contribution in [2.75, 3.05) is 5.32 Å². The maximum atomic E-state index is 5.63. The molecular weight excluding hydrogens is 188 g/mol. The third-order valence-electron chi connectivity index (χ3n) is 2.08. The molecule has 0 aliphatic carbocycles. The van der Waals surface area contributed by atoms with E-state index in [1.54, 1.807) is 6.20 Å². The molecule has 0 unspecified atom stereocenters. The number of hydrogen-bond acceptors (Lipinski definition) is 4. The predicted octanol–water partition coefficient (Wildman–Crippen LogP) is 1.68. The first-order valence-electron chi connectivity index (χ1n) is 4.71. The highest BCUT2D eigenvalue weighted by Gasteiger charge is 1.99. The van der Waals surface area contributed by atoms with E-state index in [9.17, 15) is 0 Å². The Labute approximate surface area is 88.2 Å². The van der Waals surface area contributed by atoms with Crippen molar-refractivity contribution in [3.63, 3.8) is 0 Å². The summed E-state index contributed by atoms with van der Waals surface area (Å²) in [4.78, 5) is 7.94. The van der Waals surface area contributed by atoms with Crippen molar-refractivity contribution in [1.29, 1.82) is 0 Å². The van der Waals surface area contributed by atoms with Crippen LogP contribution < -0.4 is 11.1 Å². The minimum Gasteiger partial charge on any atom is -0.340 e. The minimum atomic E-state index is 0.508. The van der Waals surface area contributed by atoms with Gasteiger partial charge in [0.25, 0.3) is 0 Å². The fourth-order valence-electron chi connectivity index (χ4n) is 1.32. The molecule has 0 spiro atoms. The predicted molar refractivity (Wildman–Crippen MR) is 59.6 cm³/mol. The van der Waals surface area contributed by atoms with Gasteiger partial charge >= 0.3 is 0 Å². The van der Waals surface area contributed by atoms with Crippen molar-refractivity contribution in [3.8, 4) is 0 Å². The molecule has 15 heavy (non-hydrogen) atoms. The largest absolute Gasteiger partial charge is 0.340 e. The Morgan fingerprint density at radius 3 is 2.80 bits per heavy atom. The zero-order chi connectivity index (χ0) is 10.5. The van der Waals surface area contributed by atoms with Gasteiger partial charge < -0.3 is 11.1 Å². The molecule has 0 saturated heterocycles. The molecule has 0 saturated carbocycles. The Kier molecular flexibility index (Phi) is 2.90. The van der Waals surface area contributed by atoms with Gasteiger partial charge in [-0.1, -0.05) is 18.2 Å². The number of para-hydroxylation sites is 1. The average Bonchev–Trinajstić information content (AvgIpc) is 2.31. The maximum Gasteiger partial charge on any atom is 0.133 e. The molecule has 0 bridgehead atoms. The van der Waals surface area contributed by atoms with E-state index in [-0.39, 0.29) is 0 Å². The number of rotatable bonds is 3. The van der Waals surface area contributed by atoms with E-state index >= 15 is 0 Å². The van der Waals surface area contributed by atoms with Crippen molar-refractivity contribution in [2.45, 2.75) is 6.54 Å². The summed E-state index contributed by atoms with van der Waals surface area (Å²) in [6.07, 6.45) is 3.20. The Hall–Kier alpha value is -1.94. The Morgan fingerprint density at radius 2 is 2.07 bits per heavy atom.